The highest BCUT2D eigenvalue weighted by Crippen LogP contribution is 2.27. The van der Waals surface area contributed by atoms with Crippen LogP contribution in [0.15, 0.2) is 23.0 Å². The second kappa shape index (κ2) is 5.19. The van der Waals surface area contributed by atoms with Crippen LogP contribution in [0.3, 0.4) is 0 Å². The van der Waals surface area contributed by atoms with Gasteiger partial charge in [-0.1, -0.05) is 0 Å². The van der Waals surface area contributed by atoms with Crippen LogP contribution in [0, 0.1) is 5.82 Å². The molecular weight excluding hydrogens is 289 g/mol. The van der Waals surface area contributed by atoms with Crippen LogP contribution in [0.1, 0.15) is 12.6 Å². The lowest BCUT2D eigenvalue weighted by atomic mass is 10.2. The first kappa shape index (κ1) is 15.0. The van der Waals surface area contributed by atoms with Crippen LogP contribution in [0.25, 0.3) is 11.0 Å². The van der Waals surface area contributed by atoms with E-state index in [1.54, 1.807) is 0 Å². The van der Waals surface area contributed by atoms with Crippen LogP contribution >= 0.6 is 0 Å². The number of benzene rings is 1. The standard InChI is InChI=1S/C13H11F3N2O3/c1-3-21-12(20)13(15,16)10-11(19)18(2)9-5-4-7(14)6-8(9)17-10/h4-6H,3H2,1-2H3. The van der Waals surface area contributed by atoms with Gasteiger partial charge in [-0.05, 0) is 19.1 Å². The number of aryl methyl sites for hydroxylation is 1. The van der Waals surface area contributed by atoms with Gasteiger partial charge < -0.3 is 9.30 Å². The maximum absolute atomic E-state index is 14.0. The average molecular weight is 300 g/mol. The number of rotatable bonds is 3. The summed E-state index contributed by atoms with van der Waals surface area (Å²) in [7, 11) is 1.23. The molecule has 0 unspecified atom stereocenters. The molecular formula is C13H11F3N2O3. The minimum Gasteiger partial charge on any atom is -0.461 e. The van der Waals surface area contributed by atoms with Crippen molar-refractivity contribution < 1.29 is 22.7 Å². The van der Waals surface area contributed by atoms with Crippen molar-refractivity contribution in [1.82, 2.24) is 9.55 Å². The summed E-state index contributed by atoms with van der Waals surface area (Å²) in [5.41, 5.74) is -2.42. The van der Waals surface area contributed by atoms with Crippen LogP contribution in [-0.2, 0) is 22.5 Å². The van der Waals surface area contributed by atoms with Gasteiger partial charge in [0.2, 0.25) is 0 Å². The van der Waals surface area contributed by atoms with Crippen molar-refractivity contribution in [3.05, 3.63) is 40.1 Å². The van der Waals surface area contributed by atoms with Gasteiger partial charge in [-0.15, -0.1) is 0 Å². The number of nitrogens with zero attached hydrogens (tertiary/aromatic N) is 2. The van der Waals surface area contributed by atoms with Crippen molar-refractivity contribution in [3.8, 4) is 0 Å². The van der Waals surface area contributed by atoms with E-state index in [0.29, 0.717) is 0 Å². The molecule has 0 fully saturated rings. The van der Waals surface area contributed by atoms with Crippen molar-refractivity contribution in [2.75, 3.05) is 6.61 Å². The van der Waals surface area contributed by atoms with E-state index >= 15 is 0 Å². The fourth-order valence-corrected chi connectivity index (χ4v) is 1.83. The second-order valence-electron chi connectivity index (χ2n) is 4.25. The maximum atomic E-state index is 14.0. The first-order chi connectivity index (χ1) is 9.78. The van der Waals surface area contributed by atoms with E-state index < -0.39 is 29.0 Å². The Kier molecular flexibility index (Phi) is 3.71. The Morgan fingerprint density at radius 1 is 1.43 bits per heavy atom. The molecule has 2 rings (SSSR count). The van der Waals surface area contributed by atoms with E-state index in [1.807, 2.05) is 0 Å². The summed E-state index contributed by atoms with van der Waals surface area (Å²) in [4.78, 5) is 26.7. The summed E-state index contributed by atoms with van der Waals surface area (Å²) < 4.78 is 46.2. The molecule has 0 saturated heterocycles. The van der Waals surface area contributed by atoms with Crippen LogP contribution in [-0.4, -0.2) is 22.1 Å². The third-order valence-electron chi connectivity index (χ3n) is 2.87. The van der Waals surface area contributed by atoms with Crippen LogP contribution in [0.2, 0.25) is 0 Å². The van der Waals surface area contributed by atoms with Crippen molar-refractivity contribution in [2.24, 2.45) is 7.05 Å². The number of carbonyl (C=O) groups excluding carboxylic acids is 1. The number of alkyl halides is 2. The fraction of sp³-hybridized carbons (Fsp3) is 0.308. The molecule has 1 heterocycles. The van der Waals surface area contributed by atoms with Gasteiger partial charge in [-0.3, -0.25) is 4.79 Å². The molecule has 0 N–H and O–H groups in total. The van der Waals surface area contributed by atoms with Gasteiger partial charge in [-0.25, -0.2) is 14.2 Å². The Morgan fingerprint density at radius 2 is 2.10 bits per heavy atom. The molecule has 1 aromatic carbocycles. The normalized spacial score (nSPS) is 11.7. The molecule has 0 aliphatic carbocycles. The smallest absolute Gasteiger partial charge is 0.389 e. The number of aromatic nitrogens is 2. The number of hydrogen-bond donors (Lipinski definition) is 0. The Bertz CT molecular complexity index is 771. The summed E-state index contributed by atoms with van der Waals surface area (Å²) in [6.45, 7) is 1.09. The molecule has 0 spiro atoms. The molecule has 0 aliphatic rings. The van der Waals surface area contributed by atoms with Crippen LogP contribution in [0.5, 0.6) is 0 Å². The molecule has 0 amide bonds. The largest absolute Gasteiger partial charge is 0.461 e. The SMILES string of the molecule is CCOC(=O)C(F)(F)c1nc2cc(F)ccc2n(C)c1=O. The first-order valence-corrected chi connectivity index (χ1v) is 6.00. The molecule has 0 bridgehead atoms. The highest BCUT2D eigenvalue weighted by Gasteiger charge is 2.47. The lowest BCUT2D eigenvalue weighted by Crippen LogP contribution is -2.37. The highest BCUT2D eigenvalue weighted by atomic mass is 19.3. The average Bonchev–Trinajstić information content (AvgIpc) is 2.42. The van der Waals surface area contributed by atoms with Gasteiger partial charge in [0.15, 0.2) is 5.69 Å². The fourth-order valence-electron chi connectivity index (χ4n) is 1.83. The Labute approximate surface area is 117 Å². The minimum absolute atomic E-state index is 0.156. The van der Waals surface area contributed by atoms with E-state index in [2.05, 4.69) is 9.72 Å². The predicted octanol–water partition coefficient (Wildman–Crippen LogP) is 1.73. The number of fused-ring (bicyclic) bond motifs is 1. The van der Waals surface area contributed by atoms with Crippen molar-refractivity contribution in [3.63, 3.8) is 0 Å². The van der Waals surface area contributed by atoms with Gasteiger partial charge in [-0.2, -0.15) is 8.78 Å². The summed E-state index contributed by atoms with van der Waals surface area (Å²) in [5.74, 6) is -6.77. The molecule has 0 atom stereocenters. The van der Waals surface area contributed by atoms with Crippen LogP contribution < -0.4 is 5.56 Å². The zero-order valence-corrected chi connectivity index (χ0v) is 11.2. The van der Waals surface area contributed by atoms with Crippen LogP contribution in [0.4, 0.5) is 13.2 Å². The number of carbonyl (C=O) groups is 1. The lowest BCUT2D eigenvalue weighted by Gasteiger charge is -2.15. The van der Waals surface area contributed by atoms with Gasteiger partial charge in [0.05, 0.1) is 17.6 Å². The third-order valence-corrected chi connectivity index (χ3v) is 2.87. The zero-order chi connectivity index (χ0) is 15.8. The summed E-state index contributed by atoms with van der Waals surface area (Å²) in [6.07, 6.45) is 0. The quantitative estimate of drug-likeness (QED) is 0.810. The Morgan fingerprint density at radius 3 is 2.71 bits per heavy atom. The zero-order valence-electron chi connectivity index (χ0n) is 11.2. The van der Waals surface area contributed by atoms with Gasteiger partial charge >= 0.3 is 11.9 Å². The van der Waals surface area contributed by atoms with E-state index in [-0.39, 0.29) is 17.6 Å². The molecule has 8 heteroatoms. The number of esters is 1. The molecule has 0 aliphatic heterocycles. The summed E-state index contributed by atoms with van der Waals surface area (Å²) in [6, 6.07) is 3.22. The molecule has 2 aromatic rings. The predicted molar refractivity (Wildman–Crippen MR) is 67.5 cm³/mol. The highest BCUT2D eigenvalue weighted by molar-refractivity contribution is 5.80. The number of ether oxygens (including phenoxy) is 1. The summed E-state index contributed by atoms with van der Waals surface area (Å²) in [5, 5.41) is 0. The first-order valence-electron chi connectivity index (χ1n) is 6.00. The van der Waals surface area contributed by atoms with Gasteiger partial charge in [0, 0.05) is 13.1 Å². The minimum atomic E-state index is -4.20. The lowest BCUT2D eigenvalue weighted by molar-refractivity contribution is -0.173. The molecule has 112 valence electrons. The number of halogens is 3. The van der Waals surface area contributed by atoms with E-state index in [0.717, 1.165) is 16.7 Å². The molecule has 21 heavy (non-hydrogen) atoms. The number of hydrogen-bond acceptors (Lipinski definition) is 4. The van der Waals surface area contributed by atoms with Gasteiger partial charge in [0.25, 0.3) is 5.56 Å². The van der Waals surface area contributed by atoms with Gasteiger partial charge in [0.1, 0.15) is 5.82 Å². The molecule has 1 aromatic heterocycles. The third kappa shape index (κ3) is 2.48. The Balaban J connectivity index is 2.72. The second-order valence-corrected chi connectivity index (χ2v) is 4.25. The molecule has 0 radical (unpaired) electrons. The van der Waals surface area contributed by atoms with E-state index in [4.69, 9.17) is 0 Å². The van der Waals surface area contributed by atoms with Crippen molar-refractivity contribution in [2.45, 2.75) is 12.8 Å². The topological polar surface area (TPSA) is 61.2 Å². The maximum Gasteiger partial charge on any atom is 0.389 e. The summed E-state index contributed by atoms with van der Waals surface area (Å²) >= 11 is 0. The Hall–Kier alpha value is -2.38. The van der Waals surface area contributed by atoms with E-state index in [1.165, 1.54) is 20.0 Å². The monoisotopic (exact) mass is 300 g/mol. The molecule has 0 saturated carbocycles. The van der Waals surface area contributed by atoms with Crippen molar-refractivity contribution in [1.29, 1.82) is 0 Å². The van der Waals surface area contributed by atoms with Crippen molar-refractivity contribution >= 4 is 17.0 Å². The van der Waals surface area contributed by atoms with E-state index in [9.17, 15) is 22.8 Å². The molecule has 5 nitrogen and oxygen atoms in total.